The van der Waals surface area contributed by atoms with Crippen LogP contribution in [-0.4, -0.2) is 26.0 Å². The summed E-state index contributed by atoms with van der Waals surface area (Å²) in [5.41, 5.74) is 0.889. The number of para-hydroxylation sites is 1. The summed E-state index contributed by atoms with van der Waals surface area (Å²) in [6.45, 7) is 1.93. The lowest BCUT2D eigenvalue weighted by atomic mass is 9.90. The van der Waals surface area contributed by atoms with Crippen LogP contribution in [0, 0.1) is 0 Å². The molecule has 1 N–H and O–H groups in total. The molecule has 6 heteroatoms. The Kier molecular flexibility index (Phi) is 3.49. The van der Waals surface area contributed by atoms with Gasteiger partial charge in [0, 0.05) is 17.7 Å². The molecule has 0 aromatic heterocycles. The Morgan fingerprint density at radius 2 is 1.92 bits per heavy atom. The minimum atomic E-state index is -0.802. The molecule has 2 aliphatic rings. The molecule has 0 spiro atoms. The molecule has 2 amide bonds. The Hall–Kier alpha value is -2.89. The maximum absolute atomic E-state index is 12.8. The molecule has 6 nitrogen and oxygen atoms in total. The standard InChI is InChI=1S/C19H20N2O4/c1-19-11-15(14-5-4-6-16(24-3)17(14)25-19)20-18(22)21(19)12-7-9-13(23-2)10-8-12/h4-10,15H,11H2,1-3H3,(H,20,22)/t15-,19+/m1/s1. The van der Waals surface area contributed by atoms with Crippen molar-refractivity contribution in [2.75, 3.05) is 19.1 Å². The highest BCUT2D eigenvalue weighted by atomic mass is 16.5. The van der Waals surface area contributed by atoms with E-state index in [1.54, 1.807) is 19.1 Å². The lowest BCUT2D eigenvalue weighted by Gasteiger charge is -2.50. The van der Waals surface area contributed by atoms with Gasteiger partial charge in [0.25, 0.3) is 0 Å². The maximum atomic E-state index is 12.8. The Morgan fingerprint density at radius 3 is 2.60 bits per heavy atom. The van der Waals surface area contributed by atoms with Gasteiger partial charge in [-0.05, 0) is 37.3 Å². The van der Waals surface area contributed by atoms with Crippen molar-refractivity contribution >= 4 is 11.7 Å². The first-order valence-corrected chi connectivity index (χ1v) is 8.16. The van der Waals surface area contributed by atoms with Crippen LogP contribution in [0.2, 0.25) is 0 Å². The third-order valence-corrected chi connectivity index (χ3v) is 4.81. The minimum Gasteiger partial charge on any atom is -0.497 e. The summed E-state index contributed by atoms with van der Waals surface area (Å²) in [5, 5.41) is 3.08. The fourth-order valence-electron chi connectivity index (χ4n) is 3.64. The Labute approximate surface area is 146 Å². The Morgan fingerprint density at radius 1 is 1.16 bits per heavy atom. The topological polar surface area (TPSA) is 60.0 Å². The van der Waals surface area contributed by atoms with Gasteiger partial charge in [-0.25, -0.2) is 4.79 Å². The van der Waals surface area contributed by atoms with Crippen LogP contribution in [0.1, 0.15) is 24.9 Å². The number of rotatable bonds is 3. The van der Waals surface area contributed by atoms with Gasteiger partial charge in [0.2, 0.25) is 0 Å². The number of ether oxygens (including phenoxy) is 3. The lowest BCUT2D eigenvalue weighted by molar-refractivity contribution is 0.0349. The molecular formula is C19H20N2O4. The summed E-state index contributed by atoms with van der Waals surface area (Å²) < 4.78 is 17.0. The fourth-order valence-corrected chi connectivity index (χ4v) is 3.64. The van der Waals surface area contributed by atoms with E-state index in [0.29, 0.717) is 17.9 Å². The molecule has 2 bridgehead atoms. The van der Waals surface area contributed by atoms with E-state index in [-0.39, 0.29) is 12.1 Å². The maximum Gasteiger partial charge on any atom is 0.325 e. The smallest absolute Gasteiger partial charge is 0.325 e. The van der Waals surface area contributed by atoms with Crippen LogP contribution in [0.15, 0.2) is 42.5 Å². The van der Waals surface area contributed by atoms with Crippen molar-refractivity contribution in [1.82, 2.24) is 5.32 Å². The van der Waals surface area contributed by atoms with E-state index in [2.05, 4.69) is 5.32 Å². The first kappa shape index (κ1) is 15.6. The van der Waals surface area contributed by atoms with Crippen LogP contribution in [-0.2, 0) is 0 Å². The first-order valence-electron chi connectivity index (χ1n) is 8.16. The summed E-state index contributed by atoms with van der Waals surface area (Å²) in [4.78, 5) is 14.5. The molecule has 2 atom stereocenters. The number of carbonyl (C=O) groups excluding carboxylic acids is 1. The molecule has 0 radical (unpaired) electrons. The van der Waals surface area contributed by atoms with Crippen LogP contribution in [0.25, 0.3) is 0 Å². The average molecular weight is 340 g/mol. The predicted octanol–water partition coefficient (Wildman–Crippen LogP) is 3.47. The molecule has 25 heavy (non-hydrogen) atoms. The number of anilines is 1. The minimum absolute atomic E-state index is 0.106. The molecule has 2 aromatic rings. The number of methoxy groups -OCH3 is 2. The van der Waals surface area contributed by atoms with Crippen molar-refractivity contribution in [2.45, 2.75) is 25.1 Å². The van der Waals surface area contributed by atoms with Crippen molar-refractivity contribution in [3.05, 3.63) is 48.0 Å². The van der Waals surface area contributed by atoms with Gasteiger partial charge in [-0.2, -0.15) is 0 Å². The van der Waals surface area contributed by atoms with Crippen molar-refractivity contribution < 1.29 is 19.0 Å². The average Bonchev–Trinajstić information content (AvgIpc) is 2.61. The highest BCUT2D eigenvalue weighted by molar-refractivity contribution is 5.95. The van der Waals surface area contributed by atoms with E-state index in [1.807, 2.05) is 49.4 Å². The van der Waals surface area contributed by atoms with Gasteiger partial charge in [-0.3, -0.25) is 4.90 Å². The molecule has 2 aromatic carbocycles. The van der Waals surface area contributed by atoms with E-state index < -0.39 is 5.72 Å². The fraction of sp³-hybridized carbons (Fsp3) is 0.316. The highest BCUT2D eigenvalue weighted by Gasteiger charge is 2.50. The summed E-state index contributed by atoms with van der Waals surface area (Å²) in [7, 11) is 3.23. The van der Waals surface area contributed by atoms with Gasteiger partial charge in [-0.1, -0.05) is 12.1 Å². The highest BCUT2D eigenvalue weighted by Crippen LogP contribution is 2.49. The summed E-state index contributed by atoms with van der Waals surface area (Å²) in [6.07, 6.45) is 0.644. The van der Waals surface area contributed by atoms with Crippen molar-refractivity contribution in [2.24, 2.45) is 0 Å². The van der Waals surface area contributed by atoms with Crippen molar-refractivity contribution in [3.63, 3.8) is 0 Å². The van der Waals surface area contributed by atoms with E-state index in [1.165, 1.54) is 0 Å². The van der Waals surface area contributed by atoms with Crippen molar-refractivity contribution in [3.8, 4) is 17.2 Å². The van der Waals surface area contributed by atoms with E-state index in [0.717, 1.165) is 17.0 Å². The molecular weight excluding hydrogens is 320 g/mol. The molecule has 130 valence electrons. The summed E-state index contributed by atoms with van der Waals surface area (Å²) in [6, 6.07) is 12.8. The normalized spacial score (nSPS) is 24.0. The van der Waals surface area contributed by atoms with Crippen LogP contribution >= 0.6 is 0 Å². The van der Waals surface area contributed by atoms with Gasteiger partial charge in [0.15, 0.2) is 17.2 Å². The second-order valence-corrected chi connectivity index (χ2v) is 6.40. The third kappa shape index (κ3) is 2.36. The number of urea groups is 1. The molecule has 0 saturated carbocycles. The van der Waals surface area contributed by atoms with Gasteiger partial charge >= 0.3 is 6.03 Å². The zero-order chi connectivity index (χ0) is 17.6. The second kappa shape index (κ2) is 5.58. The molecule has 1 saturated heterocycles. The lowest BCUT2D eigenvalue weighted by Crippen LogP contribution is -2.65. The molecule has 2 heterocycles. The zero-order valence-electron chi connectivity index (χ0n) is 14.4. The molecule has 2 aliphatic heterocycles. The van der Waals surface area contributed by atoms with E-state index in [4.69, 9.17) is 14.2 Å². The molecule has 0 unspecified atom stereocenters. The third-order valence-electron chi connectivity index (χ3n) is 4.81. The summed E-state index contributed by atoms with van der Waals surface area (Å²) in [5.74, 6) is 2.09. The number of benzene rings is 2. The van der Waals surface area contributed by atoms with Gasteiger partial charge in [-0.15, -0.1) is 0 Å². The van der Waals surface area contributed by atoms with Crippen LogP contribution in [0.4, 0.5) is 10.5 Å². The van der Waals surface area contributed by atoms with Crippen LogP contribution < -0.4 is 24.4 Å². The van der Waals surface area contributed by atoms with Gasteiger partial charge in [0.05, 0.1) is 20.3 Å². The van der Waals surface area contributed by atoms with Crippen LogP contribution in [0.5, 0.6) is 17.2 Å². The van der Waals surface area contributed by atoms with Gasteiger partial charge < -0.3 is 19.5 Å². The quantitative estimate of drug-likeness (QED) is 0.929. The van der Waals surface area contributed by atoms with Gasteiger partial charge in [0.1, 0.15) is 5.75 Å². The zero-order valence-corrected chi connectivity index (χ0v) is 14.4. The number of amides is 2. The molecule has 1 fully saturated rings. The monoisotopic (exact) mass is 340 g/mol. The SMILES string of the molecule is COc1ccc(N2C(=O)N[C@@H]3C[C@]2(C)Oc2c(OC)cccc23)cc1. The van der Waals surface area contributed by atoms with Crippen molar-refractivity contribution in [1.29, 1.82) is 0 Å². The molecule has 0 aliphatic carbocycles. The number of fused-ring (bicyclic) bond motifs is 4. The van der Waals surface area contributed by atoms with E-state index >= 15 is 0 Å². The van der Waals surface area contributed by atoms with Crippen LogP contribution in [0.3, 0.4) is 0 Å². The largest absolute Gasteiger partial charge is 0.497 e. The molecule has 4 rings (SSSR count). The van der Waals surface area contributed by atoms with E-state index in [9.17, 15) is 4.79 Å². The first-order chi connectivity index (χ1) is 12.1. The number of nitrogens with zero attached hydrogens (tertiary/aromatic N) is 1. The number of carbonyl (C=O) groups is 1. The number of hydrogen-bond acceptors (Lipinski definition) is 4. The Balaban J connectivity index is 1.78. The second-order valence-electron chi connectivity index (χ2n) is 6.40. The Bertz CT molecular complexity index is 821. The predicted molar refractivity (Wildman–Crippen MR) is 93.4 cm³/mol. The number of nitrogens with one attached hydrogen (secondary N) is 1. The summed E-state index contributed by atoms with van der Waals surface area (Å²) >= 11 is 0. The number of hydrogen-bond donors (Lipinski definition) is 1.